The van der Waals surface area contributed by atoms with Gasteiger partial charge in [-0.2, -0.15) is 5.10 Å². The fourth-order valence-electron chi connectivity index (χ4n) is 3.01. The summed E-state index contributed by atoms with van der Waals surface area (Å²) in [6, 6.07) is 6.38. The molecule has 28 heavy (non-hydrogen) atoms. The number of amides is 2. The van der Waals surface area contributed by atoms with Crippen LogP contribution in [0.2, 0.25) is 0 Å². The molecule has 144 valence electrons. The summed E-state index contributed by atoms with van der Waals surface area (Å²) < 4.78 is 15.2. The number of rotatable bonds is 4. The molecule has 2 aromatic heterocycles. The smallest absolute Gasteiger partial charge is 0.291 e. The normalized spacial score (nSPS) is 14.3. The van der Waals surface area contributed by atoms with E-state index in [1.54, 1.807) is 28.0 Å². The van der Waals surface area contributed by atoms with Gasteiger partial charge in [0.25, 0.3) is 11.8 Å². The van der Waals surface area contributed by atoms with Crippen molar-refractivity contribution in [3.05, 3.63) is 59.7 Å². The molecule has 0 atom stereocenters. The average molecular weight is 384 g/mol. The first-order chi connectivity index (χ1) is 13.6. The Morgan fingerprint density at radius 3 is 2.46 bits per heavy atom. The highest BCUT2D eigenvalue weighted by atomic mass is 19.1. The van der Waals surface area contributed by atoms with E-state index in [0.29, 0.717) is 31.7 Å². The zero-order valence-electron chi connectivity index (χ0n) is 14.8. The minimum Gasteiger partial charge on any atom is -0.334 e. The Hall–Kier alpha value is -3.63. The highest BCUT2D eigenvalue weighted by molar-refractivity contribution is 5.93. The van der Waals surface area contributed by atoms with Gasteiger partial charge in [0.2, 0.25) is 5.82 Å². The summed E-state index contributed by atoms with van der Waals surface area (Å²) in [5, 5.41) is 14.0. The van der Waals surface area contributed by atoms with Crippen LogP contribution in [-0.2, 0) is 6.54 Å². The first-order valence-corrected chi connectivity index (χ1v) is 8.69. The number of carbonyl (C=O) groups excluding carboxylic acids is 2. The number of hydrogen-bond acceptors (Lipinski definition) is 6. The van der Waals surface area contributed by atoms with Gasteiger partial charge in [-0.3, -0.25) is 14.7 Å². The van der Waals surface area contributed by atoms with Crippen molar-refractivity contribution in [3.8, 4) is 0 Å². The second-order valence-corrected chi connectivity index (χ2v) is 6.31. The maximum Gasteiger partial charge on any atom is 0.291 e. The minimum atomic E-state index is -0.335. The lowest BCUT2D eigenvalue weighted by Crippen LogP contribution is -2.50. The summed E-state index contributed by atoms with van der Waals surface area (Å²) in [7, 11) is 0. The molecule has 0 spiro atoms. The van der Waals surface area contributed by atoms with Crippen molar-refractivity contribution in [2.45, 2.75) is 6.54 Å². The number of hydrogen-bond donors (Lipinski definition) is 1. The van der Waals surface area contributed by atoms with Gasteiger partial charge in [0.05, 0.1) is 12.7 Å². The molecule has 0 saturated carbocycles. The molecule has 1 fully saturated rings. The lowest BCUT2D eigenvalue weighted by molar-refractivity contribution is 0.0526. The van der Waals surface area contributed by atoms with Crippen LogP contribution in [0.5, 0.6) is 0 Å². The summed E-state index contributed by atoms with van der Waals surface area (Å²) >= 11 is 0. The van der Waals surface area contributed by atoms with Crippen molar-refractivity contribution in [1.82, 2.24) is 40.0 Å². The van der Waals surface area contributed by atoms with E-state index in [-0.39, 0.29) is 35.7 Å². The predicted molar refractivity (Wildman–Crippen MR) is 93.7 cm³/mol. The number of piperazine rings is 1. The molecule has 4 rings (SSSR count). The quantitative estimate of drug-likeness (QED) is 0.687. The lowest BCUT2D eigenvalue weighted by Gasteiger charge is -2.33. The Labute approximate surface area is 159 Å². The van der Waals surface area contributed by atoms with E-state index < -0.39 is 0 Å². The zero-order valence-corrected chi connectivity index (χ0v) is 14.8. The van der Waals surface area contributed by atoms with Crippen LogP contribution in [-0.4, -0.2) is 78.0 Å². The van der Waals surface area contributed by atoms with E-state index in [1.807, 2.05) is 0 Å². The standard InChI is InChI=1S/C17H17FN8O2/c18-13-4-2-1-3-12(13)9-26-10-14(21-23-26)16(27)24-5-7-25(8-6-24)17(28)15-19-11-20-22-15/h1-4,10-11H,5-9H2,(H,19,20,22). The molecular formula is C17H17FN8O2. The highest BCUT2D eigenvalue weighted by Gasteiger charge is 2.27. The second-order valence-electron chi connectivity index (χ2n) is 6.31. The van der Waals surface area contributed by atoms with Gasteiger partial charge < -0.3 is 9.80 Å². The molecular weight excluding hydrogens is 367 g/mol. The van der Waals surface area contributed by atoms with Gasteiger partial charge in [-0.15, -0.1) is 5.10 Å². The molecule has 0 radical (unpaired) electrons. The molecule has 11 heteroatoms. The van der Waals surface area contributed by atoms with Crippen molar-refractivity contribution in [1.29, 1.82) is 0 Å². The second kappa shape index (κ2) is 7.55. The largest absolute Gasteiger partial charge is 0.334 e. The Kier molecular flexibility index (Phi) is 4.79. The van der Waals surface area contributed by atoms with E-state index in [0.717, 1.165) is 0 Å². The molecule has 10 nitrogen and oxygen atoms in total. The van der Waals surface area contributed by atoms with Crippen molar-refractivity contribution in [2.24, 2.45) is 0 Å². The summed E-state index contributed by atoms with van der Waals surface area (Å²) in [6.45, 7) is 1.70. The van der Waals surface area contributed by atoms with Crippen LogP contribution in [0.3, 0.4) is 0 Å². The Morgan fingerprint density at radius 1 is 1.07 bits per heavy atom. The number of H-pyrrole nitrogens is 1. The summed E-state index contributed by atoms with van der Waals surface area (Å²) in [5.74, 6) is -0.679. The van der Waals surface area contributed by atoms with Crippen LogP contribution in [0, 0.1) is 5.82 Å². The first kappa shape index (κ1) is 17.8. The number of benzene rings is 1. The van der Waals surface area contributed by atoms with Gasteiger partial charge in [0.15, 0.2) is 5.69 Å². The van der Waals surface area contributed by atoms with Crippen LogP contribution >= 0.6 is 0 Å². The van der Waals surface area contributed by atoms with E-state index in [4.69, 9.17) is 0 Å². The first-order valence-electron chi connectivity index (χ1n) is 8.69. The minimum absolute atomic E-state index is 0.177. The zero-order chi connectivity index (χ0) is 19.5. The maximum absolute atomic E-state index is 13.8. The molecule has 0 aliphatic carbocycles. The molecule has 1 N–H and O–H groups in total. The Bertz CT molecular complexity index is 979. The summed E-state index contributed by atoms with van der Waals surface area (Å²) in [4.78, 5) is 32.0. The predicted octanol–water partition coefficient (Wildman–Crippen LogP) is 0.182. The topological polar surface area (TPSA) is 113 Å². The van der Waals surface area contributed by atoms with Crippen LogP contribution in [0.1, 0.15) is 26.7 Å². The van der Waals surface area contributed by atoms with Gasteiger partial charge >= 0.3 is 0 Å². The van der Waals surface area contributed by atoms with Crippen LogP contribution in [0.25, 0.3) is 0 Å². The number of aromatic amines is 1. The molecule has 2 amide bonds. The number of aromatic nitrogens is 6. The lowest BCUT2D eigenvalue weighted by atomic mass is 10.2. The number of carbonyl (C=O) groups is 2. The Morgan fingerprint density at radius 2 is 1.79 bits per heavy atom. The summed E-state index contributed by atoms with van der Waals surface area (Å²) in [6.07, 6.45) is 2.78. The number of nitrogens with one attached hydrogen (secondary N) is 1. The van der Waals surface area contributed by atoms with E-state index in [1.165, 1.54) is 23.3 Å². The van der Waals surface area contributed by atoms with Crippen molar-refractivity contribution >= 4 is 11.8 Å². The molecule has 1 aliphatic heterocycles. The third kappa shape index (κ3) is 3.59. The Balaban J connectivity index is 1.36. The van der Waals surface area contributed by atoms with Gasteiger partial charge in [0.1, 0.15) is 12.1 Å². The average Bonchev–Trinajstić information content (AvgIpc) is 3.41. The van der Waals surface area contributed by atoms with E-state index >= 15 is 0 Å². The van der Waals surface area contributed by atoms with Gasteiger partial charge in [-0.1, -0.05) is 23.4 Å². The van der Waals surface area contributed by atoms with E-state index in [9.17, 15) is 14.0 Å². The summed E-state index contributed by atoms with van der Waals surface area (Å²) in [5.41, 5.74) is 0.650. The SMILES string of the molecule is O=C(c1cn(Cc2ccccc2F)nn1)N1CCN(C(=O)c2ncn[nH]2)CC1. The number of halogens is 1. The third-order valence-electron chi connectivity index (χ3n) is 4.52. The molecule has 1 saturated heterocycles. The van der Waals surface area contributed by atoms with Crippen LogP contribution in [0.4, 0.5) is 4.39 Å². The van der Waals surface area contributed by atoms with Gasteiger partial charge in [-0.25, -0.2) is 14.1 Å². The highest BCUT2D eigenvalue weighted by Crippen LogP contribution is 2.11. The molecule has 3 heterocycles. The fourth-order valence-corrected chi connectivity index (χ4v) is 3.01. The third-order valence-corrected chi connectivity index (χ3v) is 4.52. The van der Waals surface area contributed by atoms with Crippen LogP contribution < -0.4 is 0 Å². The molecule has 0 bridgehead atoms. The fraction of sp³-hybridized carbons (Fsp3) is 0.294. The van der Waals surface area contributed by atoms with Gasteiger partial charge in [0, 0.05) is 31.7 Å². The van der Waals surface area contributed by atoms with Crippen molar-refractivity contribution in [2.75, 3.05) is 26.2 Å². The number of nitrogens with zero attached hydrogens (tertiary/aromatic N) is 7. The molecule has 1 aromatic carbocycles. The molecule has 0 unspecified atom stereocenters. The van der Waals surface area contributed by atoms with Crippen molar-refractivity contribution in [3.63, 3.8) is 0 Å². The molecule has 1 aliphatic rings. The van der Waals surface area contributed by atoms with Crippen LogP contribution in [0.15, 0.2) is 36.8 Å². The van der Waals surface area contributed by atoms with E-state index in [2.05, 4.69) is 25.5 Å². The van der Waals surface area contributed by atoms with Crippen molar-refractivity contribution < 1.29 is 14.0 Å². The van der Waals surface area contributed by atoms with Gasteiger partial charge in [-0.05, 0) is 6.07 Å². The molecule has 3 aromatic rings. The monoisotopic (exact) mass is 384 g/mol. The maximum atomic E-state index is 13.8.